The van der Waals surface area contributed by atoms with E-state index in [9.17, 15) is 13.6 Å². The van der Waals surface area contributed by atoms with Crippen molar-refractivity contribution in [2.24, 2.45) is 0 Å². The van der Waals surface area contributed by atoms with Crippen LogP contribution in [0.4, 0.5) is 8.78 Å². The van der Waals surface area contributed by atoms with Crippen molar-refractivity contribution in [1.29, 1.82) is 0 Å². The second-order valence-electron chi connectivity index (χ2n) is 3.05. The van der Waals surface area contributed by atoms with Gasteiger partial charge in [0.1, 0.15) is 22.4 Å². The van der Waals surface area contributed by atoms with Gasteiger partial charge in [-0.15, -0.1) is 0 Å². The molecule has 0 saturated carbocycles. The van der Waals surface area contributed by atoms with E-state index >= 15 is 0 Å². The number of benzene rings is 1. The van der Waals surface area contributed by atoms with Crippen molar-refractivity contribution in [3.05, 3.63) is 28.3 Å². The van der Waals surface area contributed by atoms with Crippen molar-refractivity contribution in [3.8, 4) is 5.75 Å². The number of carbonyl (C=O) groups excluding carboxylic acids is 1. The summed E-state index contributed by atoms with van der Waals surface area (Å²) in [5, 5.41) is -0.618. The van der Waals surface area contributed by atoms with Crippen LogP contribution in [0.1, 0.15) is 12.5 Å². The van der Waals surface area contributed by atoms with Crippen LogP contribution < -0.4 is 4.74 Å². The van der Waals surface area contributed by atoms with Crippen molar-refractivity contribution in [2.45, 2.75) is 13.3 Å². The number of Topliss-reactive ketones (excluding diaryl/α,β-unsaturated/α-hetero) is 1. The minimum atomic E-state index is -0.941. The van der Waals surface area contributed by atoms with Crippen molar-refractivity contribution < 1.29 is 18.3 Å². The van der Waals surface area contributed by atoms with Crippen molar-refractivity contribution in [1.82, 2.24) is 0 Å². The van der Waals surface area contributed by atoms with E-state index in [1.807, 2.05) is 0 Å². The zero-order chi connectivity index (χ0) is 11.6. The minimum Gasteiger partial charge on any atom is -0.496 e. The van der Waals surface area contributed by atoms with Gasteiger partial charge in [-0.3, -0.25) is 4.79 Å². The maximum Gasteiger partial charge on any atom is 0.152 e. The predicted octanol–water partition coefficient (Wildman–Crippen LogP) is 2.76. The molecule has 0 heterocycles. The zero-order valence-electron chi connectivity index (χ0n) is 8.23. The lowest BCUT2D eigenvalue weighted by Crippen LogP contribution is -2.04. The third-order valence-corrected chi connectivity index (χ3v) is 2.21. The number of hydrogen-bond donors (Lipinski definition) is 0. The van der Waals surface area contributed by atoms with E-state index < -0.39 is 16.7 Å². The van der Waals surface area contributed by atoms with E-state index in [0.29, 0.717) is 0 Å². The van der Waals surface area contributed by atoms with Gasteiger partial charge in [-0.2, -0.15) is 0 Å². The van der Waals surface area contributed by atoms with Crippen molar-refractivity contribution in [3.63, 3.8) is 0 Å². The van der Waals surface area contributed by atoms with Gasteiger partial charge >= 0.3 is 0 Å². The van der Waals surface area contributed by atoms with Crippen LogP contribution in [-0.2, 0) is 11.2 Å². The van der Waals surface area contributed by atoms with Crippen molar-refractivity contribution in [2.75, 3.05) is 7.11 Å². The fourth-order valence-electron chi connectivity index (χ4n) is 1.21. The van der Waals surface area contributed by atoms with Gasteiger partial charge in [0.2, 0.25) is 0 Å². The van der Waals surface area contributed by atoms with E-state index in [1.165, 1.54) is 14.0 Å². The second kappa shape index (κ2) is 4.57. The molecule has 2 nitrogen and oxygen atoms in total. The Labute approximate surface area is 90.8 Å². The van der Waals surface area contributed by atoms with Crippen LogP contribution in [0.25, 0.3) is 0 Å². The van der Waals surface area contributed by atoms with Crippen LogP contribution in [-0.4, -0.2) is 12.9 Å². The van der Waals surface area contributed by atoms with E-state index in [2.05, 4.69) is 0 Å². The normalized spacial score (nSPS) is 10.2. The van der Waals surface area contributed by atoms with Gasteiger partial charge in [-0.25, -0.2) is 8.78 Å². The highest BCUT2D eigenvalue weighted by molar-refractivity contribution is 6.31. The van der Waals surface area contributed by atoms with Crippen LogP contribution in [0.5, 0.6) is 5.75 Å². The van der Waals surface area contributed by atoms with Crippen LogP contribution >= 0.6 is 11.6 Å². The van der Waals surface area contributed by atoms with Crippen LogP contribution in [0.15, 0.2) is 6.07 Å². The molecule has 0 aromatic heterocycles. The number of methoxy groups -OCH3 is 1. The molecule has 82 valence electrons. The molecule has 1 rings (SSSR count). The maximum atomic E-state index is 13.5. The summed E-state index contributed by atoms with van der Waals surface area (Å²) in [6.07, 6.45) is -0.172. The average Bonchev–Trinajstić information content (AvgIpc) is 2.18. The zero-order valence-corrected chi connectivity index (χ0v) is 8.99. The predicted molar refractivity (Wildman–Crippen MR) is 52.3 cm³/mol. The molecule has 0 aliphatic heterocycles. The summed E-state index contributed by atoms with van der Waals surface area (Å²) < 4.78 is 31.2. The number of hydrogen-bond acceptors (Lipinski definition) is 2. The van der Waals surface area contributed by atoms with E-state index in [4.69, 9.17) is 16.3 Å². The Kier molecular flexibility index (Phi) is 3.63. The largest absolute Gasteiger partial charge is 0.496 e. The van der Waals surface area contributed by atoms with Crippen LogP contribution in [0.3, 0.4) is 0 Å². The van der Waals surface area contributed by atoms with E-state index in [0.717, 1.165) is 6.07 Å². The third kappa shape index (κ3) is 2.45. The molecule has 0 aliphatic rings. The molecule has 0 aliphatic carbocycles. The Morgan fingerprint density at radius 3 is 2.60 bits per heavy atom. The van der Waals surface area contributed by atoms with Crippen LogP contribution in [0, 0.1) is 11.6 Å². The fourth-order valence-corrected chi connectivity index (χ4v) is 1.38. The minimum absolute atomic E-state index is 0.00963. The van der Waals surface area contributed by atoms with Gasteiger partial charge in [-0.05, 0) is 6.92 Å². The molecule has 0 amide bonds. The molecule has 1 aromatic rings. The highest BCUT2D eigenvalue weighted by Crippen LogP contribution is 2.30. The van der Waals surface area contributed by atoms with Gasteiger partial charge in [0.25, 0.3) is 0 Å². The summed E-state index contributed by atoms with van der Waals surface area (Å²) in [5.41, 5.74) is -0.0172. The van der Waals surface area contributed by atoms with Crippen molar-refractivity contribution >= 4 is 17.4 Å². The molecular formula is C10H9ClF2O2. The molecule has 5 heteroatoms. The summed E-state index contributed by atoms with van der Waals surface area (Å²) in [5.74, 6) is -2.11. The Balaban J connectivity index is 3.33. The van der Waals surface area contributed by atoms with Gasteiger partial charge in [-0.1, -0.05) is 11.6 Å². The van der Waals surface area contributed by atoms with Gasteiger partial charge in [0.05, 0.1) is 7.11 Å². The van der Waals surface area contributed by atoms with Crippen LogP contribution in [0.2, 0.25) is 5.02 Å². The first kappa shape index (κ1) is 11.9. The first-order valence-electron chi connectivity index (χ1n) is 4.17. The molecule has 0 N–H and O–H groups in total. The lowest BCUT2D eigenvalue weighted by Gasteiger charge is -2.09. The molecule has 0 bridgehead atoms. The average molecular weight is 235 g/mol. The Morgan fingerprint density at radius 2 is 2.13 bits per heavy atom. The summed E-state index contributed by atoms with van der Waals surface area (Å²) in [4.78, 5) is 10.9. The lowest BCUT2D eigenvalue weighted by molar-refractivity contribution is -0.116. The molecule has 15 heavy (non-hydrogen) atoms. The number of ether oxygens (including phenoxy) is 1. The molecule has 0 fully saturated rings. The lowest BCUT2D eigenvalue weighted by atomic mass is 10.1. The van der Waals surface area contributed by atoms with Gasteiger partial charge in [0, 0.05) is 18.1 Å². The highest BCUT2D eigenvalue weighted by Gasteiger charge is 2.18. The Bertz CT molecular complexity index is 405. The number of carbonyl (C=O) groups is 1. The smallest absolute Gasteiger partial charge is 0.152 e. The van der Waals surface area contributed by atoms with E-state index in [-0.39, 0.29) is 23.5 Å². The van der Waals surface area contributed by atoms with Gasteiger partial charge < -0.3 is 4.74 Å². The first-order valence-corrected chi connectivity index (χ1v) is 4.55. The number of ketones is 1. The molecular weight excluding hydrogens is 226 g/mol. The number of halogens is 3. The Hall–Kier alpha value is -1.16. The first-order chi connectivity index (χ1) is 6.97. The quantitative estimate of drug-likeness (QED) is 0.752. The molecule has 0 radical (unpaired) electrons. The SMILES string of the molecule is COc1cc(F)c(Cl)c(F)c1CC(C)=O. The maximum absolute atomic E-state index is 13.5. The third-order valence-electron chi connectivity index (χ3n) is 1.87. The summed E-state index contributed by atoms with van der Waals surface area (Å²) in [7, 11) is 1.27. The second-order valence-corrected chi connectivity index (χ2v) is 3.42. The molecule has 0 saturated heterocycles. The van der Waals surface area contributed by atoms with Gasteiger partial charge in [0.15, 0.2) is 5.82 Å². The summed E-state index contributed by atoms with van der Waals surface area (Å²) in [6.45, 7) is 1.30. The standard InChI is InChI=1S/C10H9ClF2O2/c1-5(14)3-6-8(15-2)4-7(12)9(11)10(6)13/h4H,3H2,1-2H3. The fraction of sp³-hybridized carbons (Fsp3) is 0.300. The molecule has 0 unspecified atom stereocenters. The topological polar surface area (TPSA) is 26.3 Å². The molecule has 0 atom stereocenters. The summed E-state index contributed by atoms with van der Waals surface area (Å²) in [6, 6.07) is 0.962. The van der Waals surface area contributed by atoms with E-state index in [1.54, 1.807) is 0 Å². The monoisotopic (exact) mass is 234 g/mol. The summed E-state index contributed by atoms with van der Waals surface area (Å²) >= 11 is 5.38. The Morgan fingerprint density at radius 1 is 1.53 bits per heavy atom. The molecule has 0 spiro atoms. The molecule has 1 aromatic carbocycles. The number of rotatable bonds is 3. The highest BCUT2D eigenvalue weighted by atomic mass is 35.5.